The van der Waals surface area contributed by atoms with Gasteiger partial charge in [0.05, 0.1) is 5.56 Å². The third kappa shape index (κ3) is 3.50. The predicted octanol–water partition coefficient (Wildman–Crippen LogP) is -0.154. The maximum Gasteiger partial charge on any atom is 0.335 e. The summed E-state index contributed by atoms with van der Waals surface area (Å²) < 4.78 is 4.48. The van der Waals surface area contributed by atoms with E-state index < -0.39 is 23.5 Å². The Balaban J connectivity index is 2.77. The van der Waals surface area contributed by atoms with Crippen molar-refractivity contribution in [3.8, 4) is 12.3 Å². The van der Waals surface area contributed by atoms with Gasteiger partial charge in [-0.05, 0) is 6.07 Å². The highest BCUT2D eigenvalue weighted by Crippen LogP contribution is 1.98. The van der Waals surface area contributed by atoms with E-state index in [1.54, 1.807) is 0 Å². The summed E-state index contributed by atoms with van der Waals surface area (Å²) in [5.74, 6) is 0.248. The highest BCUT2D eigenvalue weighted by molar-refractivity contribution is 5.96. The predicted molar refractivity (Wildman–Crippen MR) is 57.3 cm³/mol. The molecule has 0 bridgehead atoms. The minimum Gasteiger partial charge on any atom is -0.480 e. The van der Waals surface area contributed by atoms with Crippen molar-refractivity contribution < 1.29 is 19.1 Å². The van der Waals surface area contributed by atoms with Gasteiger partial charge in [0.1, 0.15) is 12.3 Å². The summed E-state index contributed by atoms with van der Waals surface area (Å²) in [7, 11) is 0. The summed E-state index contributed by atoms with van der Waals surface area (Å²) in [6.45, 7) is 0. The van der Waals surface area contributed by atoms with Crippen LogP contribution in [0, 0.1) is 12.3 Å². The van der Waals surface area contributed by atoms with Crippen molar-refractivity contribution in [3.63, 3.8) is 0 Å². The molecular weight excluding hydrogens is 226 g/mol. The van der Waals surface area contributed by atoms with E-state index in [1.807, 2.05) is 0 Å². The van der Waals surface area contributed by atoms with Crippen LogP contribution < -0.4 is 10.9 Å². The van der Waals surface area contributed by atoms with Crippen molar-refractivity contribution >= 4 is 11.9 Å². The normalized spacial score (nSPS) is 11.2. The van der Waals surface area contributed by atoms with Crippen LogP contribution in [0.1, 0.15) is 16.8 Å². The number of hydrogen-bond acceptors (Lipinski definition) is 4. The molecule has 0 aliphatic heterocycles. The molecule has 6 nitrogen and oxygen atoms in total. The van der Waals surface area contributed by atoms with Crippen molar-refractivity contribution in [3.05, 3.63) is 34.4 Å². The maximum atomic E-state index is 11.5. The molecule has 1 aromatic rings. The molecule has 0 radical (unpaired) electrons. The zero-order valence-electron chi connectivity index (χ0n) is 8.67. The molecule has 0 spiro atoms. The molecular formula is C11H9NO5. The Morgan fingerprint density at radius 1 is 1.53 bits per heavy atom. The lowest BCUT2D eigenvalue weighted by Crippen LogP contribution is -2.40. The van der Waals surface area contributed by atoms with Crippen molar-refractivity contribution in [2.24, 2.45) is 0 Å². The topological polar surface area (TPSA) is 96.6 Å². The van der Waals surface area contributed by atoms with E-state index in [-0.39, 0.29) is 12.0 Å². The molecule has 2 N–H and O–H groups in total. The third-order valence-corrected chi connectivity index (χ3v) is 1.89. The standard InChI is InChI=1S/C11H9NO5/c1-2-3-8(11(15)16)12-10(14)7-4-5-9(13)17-6-7/h1,4-6,8H,3H2,(H,12,14)(H,15,16). The molecule has 88 valence electrons. The fraction of sp³-hybridized carbons (Fsp3) is 0.182. The summed E-state index contributed by atoms with van der Waals surface area (Å²) in [5, 5.41) is 11.0. The number of carbonyl (C=O) groups excluding carboxylic acids is 1. The summed E-state index contributed by atoms with van der Waals surface area (Å²) in [6.07, 6.45) is 5.80. The molecule has 0 aliphatic rings. The molecule has 0 aliphatic carbocycles. The van der Waals surface area contributed by atoms with Crippen LogP contribution in [0.4, 0.5) is 0 Å². The first-order valence-corrected chi connectivity index (χ1v) is 4.60. The van der Waals surface area contributed by atoms with Crippen LogP contribution in [0.3, 0.4) is 0 Å². The Kier molecular flexibility index (Phi) is 4.06. The van der Waals surface area contributed by atoms with E-state index in [0.29, 0.717) is 0 Å². The van der Waals surface area contributed by atoms with Crippen molar-refractivity contribution in [1.29, 1.82) is 0 Å². The van der Waals surface area contributed by atoms with Gasteiger partial charge in [-0.1, -0.05) is 0 Å². The Bertz CT molecular complexity index is 505. The highest BCUT2D eigenvalue weighted by Gasteiger charge is 2.19. The van der Waals surface area contributed by atoms with E-state index in [2.05, 4.69) is 15.7 Å². The van der Waals surface area contributed by atoms with Crippen molar-refractivity contribution in [1.82, 2.24) is 5.32 Å². The first-order chi connectivity index (χ1) is 8.04. The van der Waals surface area contributed by atoms with Gasteiger partial charge in [0.2, 0.25) is 0 Å². The molecule has 1 heterocycles. The largest absolute Gasteiger partial charge is 0.480 e. The van der Waals surface area contributed by atoms with Crippen LogP contribution in [0.2, 0.25) is 0 Å². The Labute approximate surface area is 96.3 Å². The number of terminal acetylenes is 1. The Morgan fingerprint density at radius 2 is 2.24 bits per heavy atom. The number of amides is 1. The van der Waals surface area contributed by atoms with Gasteiger partial charge in [0.15, 0.2) is 0 Å². The minimum atomic E-state index is -1.23. The van der Waals surface area contributed by atoms with Gasteiger partial charge in [-0.15, -0.1) is 12.3 Å². The van der Waals surface area contributed by atoms with E-state index in [0.717, 1.165) is 12.3 Å². The van der Waals surface area contributed by atoms with E-state index >= 15 is 0 Å². The lowest BCUT2D eigenvalue weighted by Gasteiger charge is -2.10. The SMILES string of the molecule is C#CCC(NC(=O)c1ccc(=O)oc1)C(=O)O. The number of rotatable bonds is 4. The smallest absolute Gasteiger partial charge is 0.335 e. The number of hydrogen-bond donors (Lipinski definition) is 2. The van der Waals surface area contributed by atoms with Gasteiger partial charge in [-0.2, -0.15) is 0 Å². The summed E-state index contributed by atoms with van der Waals surface area (Å²) in [5.41, 5.74) is -0.548. The molecule has 0 saturated heterocycles. The molecule has 0 fully saturated rings. The highest BCUT2D eigenvalue weighted by atomic mass is 16.4. The average Bonchev–Trinajstić information content (AvgIpc) is 2.29. The van der Waals surface area contributed by atoms with Gasteiger partial charge in [0, 0.05) is 12.5 Å². The van der Waals surface area contributed by atoms with Gasteiger partial charge in [0.25, 0.3) is 5.91 Å². The van der Waals surface area contributed by atoms with Crippen molar-refractivity contribution in [2.75, 3.05) is 0 Å². The van der Waals surface area contributed by atoms with Crippen molar-refractivity contribution in [2.45, 2.75) is 12.5 Å². The Morgan fingerprint density at radius 3 is 2.71 bits per heavy atom. The van der Waals surface area contributed by atoms with Gasteiger partial charge in [-0.25, -0.2) is 9.59 Å². The van der Waals surface area contributed by atoms with Gasteiger partial charge >= 0.3 is 11.6 Å². The fourth-order valence-corrected chi connectivity index (χ4v) is 1.05. The molecule has 17 heavy (non-hydrogen) atoms. The number of carboxylic acid groups (broad SMARTS) is 1. The monoisotopic (exact) mass is 235 g/mol. The molecule has 1 atom stereocenters. The van der Waals surface area contributed by atoms with E-state index in [4.69, 9.17) is 11.5 Å². The third-order valence-electron chi connectivity index (χ3n) is 1.89. The molecule has 1 amide bonds. The first kappa shape index (κ1) is 12.5. The van der Waals surface area contributed by atoms with Gasteiger partial charge < -0.3 is 14.8 Å². The second-order valence-electron chi connectivity index (χ2n) is 3.12. The second-order valence-corrected chi connectivity index (χ2v) is 3.12. The number of carbonyl (C=O) groups is 2. The summed E-state index contributed by atoms with van der Waals surface area (Å²) >= 11 is 0. The number of nitrogens with one attached hydrogen (secondary N) is 1. The maximum absolute atomic E-state index is 11.5. The second kappa shape index (κ2) is 5.51. The summed E-state index contributed by atoms with van der Waals surface area (Å²) in [4.78, 5) is 32.9. The Hall–Kier alpha value is -2.55. The quantitative estimate of drug-likeness (QED) is 0.707. The van der Waals surface area contributed by atoms with Crippen LogP contribution >= 0.6 is 0 Å². The molecule has 1 aromatic heterocycles. The lowest BCUT2D eigenvalue weighted by atomic mass is 10.2. The van der Waals surface area contributed by atoms with Gasteiger partial charge in [-0.3, -0.25) is 4.79 Å². The zero-order valence-corrected chi connectivity index (χ0v) is 8.67. The van der Waals surface area contributed by atoms with Crippen LogP contribution in [0.25, 0.3) is 0 Å². The number of aliphatic carboxylic acids is 1. The van der Waals surface area contributed by atoms with Crippen LogP contribution in [-0.2, 0) is 4.79 Å². The minimum absolute atomic E-state index is 0.0490. The number of carboxylic acids is 1. The lowest BCUT2D eigenvalue weighted by molar-refractivity contribution is -0.139. The molecule has 1 unspecified atom stereocenters. The van der Waals surface area contributed by atoms with Crippen LogP contribution in [-0.4, -0.2) is 23.0 Å². The first-order valence-electron chi connectivity index (χ1n) is 4.60. The van der Waals surface area contributed by atoms with E-state index in [1.165, 1.54) is 6.07 Å². The van der Waals surface area contributed by atoms with Crippen LogP contribution in [0.5, 0.6) is 0 Å². The molecule has 1 rings (SSSR count). The average molecular weight is 235 g/mol. The van der Waals surface area contributed by atoms with Crippen LogP contribution in [0.15, 0.2) is 27.6 Å². The molecule has 0 aromatic carbocycles. The zero-order chi connectivity index (χ0) is 12.8. The summed E-state index contributed by atoms with van der Waals surface area (Å²) in [6, 6.07) is 1.13. The van der Waals surface area contributed by atoms with E-state index in [9.17, 15) is 14.4 Å². The fourth-order valence-electron chi connectivity index (χ4n) is 1.05. The molecule has 6 heteroatoms. The molecule has 0 saturated carbocycles.